The van der Waals surface area contributed by atoms with Gasteiger partial charge >= 0.3 is 5.97 Å². The Balaban J connectivity index is 2.81. The van der Waals surface area contributed by atoms with Crippen LogP contribution in [0.25, 0.3) is 0 Å². The molecule has 3 heteroatoms. The highest BCUT2D eigenvalue weighted by Gasteiger charge is 2.11. The number of benzene rings is 1. The molecule has 0 aliphatic heterocycles. The van der Waals surface area contributed by atoms with Gasteiger partial charge in [-0.05, 0) is 30.4 Å². The Morgan fingerprint density at radius 3 is 2.67 bits per heavy atom. The fourth-order valence-corrected chi connectivity index (χ4v) is 1.43. The average Bonchev–Trinajstić information content (AvgIpc) is 2.25. The lowest BCUT2D eigenvalue weighted by molar-refractivity contribution is -0.182. The van der Waals surface area contributed by atoms with Crippen LogP contribution in [-0.4, -0.2) is 11.2 Å². The molecule has 0 amide bonds. The smallest absolute Gasteiger partial charge is 0.295 e. The van der Waals surface area contributed by atoms with E-state index in [4.69, 9.17) is 5.26 Å². The summed E-state index contributed by atoms with van der Waals surface area (Å²) in [6.07, 6.45) is 1.83. The number of hydrogen-bond acceptors (Lipinski definition) is 3. The van der Waals surface area contributed by atoms with Gasteiger partial charge in [0.15, 0.2) is 0 Å². The van der Waals surface area contributed by atoms with E-state index in [1.807, 2.05) is 12.1 Å². The number of carbonyl (C=O) groups is 1. The molecule has 82 valence electrons. The number of hydrogen-bond donors (Lipinski definition) is 1. The van der Waals surface area contributed by atoms with Gasteiger partial charge in [0, 0.05) is 0 Å². The fraction of sp³-hybridized carbons (Fsp3) is 0.417. The normalized spacial score (nSPS) is 10.4. The van der Waals surface area contributed by atoms with E-state index in [2.05, 4.69) is 18.7 Å². The van der Waals surface area contributed by atoms with Crippen molar-refractivity contribution in [1.29, 1.82) is 0 Å². The van der Waals surface area contributed by atoms with Gasteiger partial charge in [-0.15, -0.1) is 0 Å². The molecule has 15 heavy (non-hydrogen) atoms. The van der Waals surface area contributed by atoms with E-state index in [0.717, 1.165) is 18.4 Å². The second-order valence-corrected chi connectivity index (χ2v) is 3.97. The molecule has 0 heterocycles. The van der Waals surface area contributed by atoms with Crippen LogP contribution in [0.15, 0.2) is 24.3 Å². The summed E-state index contributed by atoms with van der Waals surface area (Å²) in [4.78, 5) is 15.0. The van der Waals surface area contributed by atoms with Crippen molar-refractivity contribution < 1.29 is 14.9 Å². The maximum atomic E-state index is 11.2. The van der Waals surface area contributed by atoms with Gasteiger partial charge in [0.1, 0.15) is 0 Å². The summed E-state index contributed by atoms with van der Waals surface area (Å²) in [6.45, 7) is 4.26. The fourth-order valence-electron chi connectivity index (χ4n) is 1.43. The minimum absolute atomic E-state index is 0.445. The summed E-state index contributed by atoms with van der Waals surface area (Å²) in [5.41, 5.74) is 1.37. The van der Waals surface area contributed by atoms with Crippen LogP contribution < -0.4 is 0 Å². The van der Waals surface area contributed by atoms with E-state index >= 15 is 0 Å². The third-order valence-electron chi connectivity index (χ3n) is 2.31. The zero-order chi connectivity index (χ0) is 11.3. The van der Waals surface area contributed by atoms with Gasteiger partial charge < -0.3 is 0 Å². The second-order valence-electron chi connectivity index (χ2n) is 3.97. The lowest BCUT2D eigenvalue weighted by atomic mass is 9.99. The first-order chi connectivity index (χ1) is 7.15. The van der Waals surface area contributed by atoms with Gasteiger partial charge in [0.05, 0.1) is 5.56 Å². The molecule has 0 saturated heterocycles. The number of aryl methyl sites for hydroxylation is 1. The largest absolute Gasteiger partial charge is 0.373 e. The molecule has 1 rings (SSSR count). The van der Waals surface area contributed by atoms with Crippen LogP contribution in [0.4, 0.5) is 0 Å². The first-order valence-corrected chi connectivity index (χ1v) is 5.08. The SMILES string of the molecule is CC(C)CCc1ccccc1C(=O)OO. The lowest BCUT2D eigenvalue weighted by Gasteiger charge is -2.08. The van der Waals surface area contributed by atoms with Crippen LogP contribution in [0.3, 0.4) is 0 Å². The highest BCUT2D eigenvalue weighted by atomic mass is 17.1. The molecule has 0 saturated carbocycles. The predicted molar refractivity (Wildman–Crippen MR) is 57.6 cm³/mol. The molecular formula is C12H16O3. The van der Waals surface area contributed by atoms with Crippen molar-refractivity contribution in [2.75, 3.05) is 0 Å². The maximum absolute atomic E-state index is 11.2. The summed E-state index contributed by atoms with van der Waals surface area (Å²) >= 11 is 0. The van der Waals surface area contributed by atoms with Gasteiger partial charge in [-0.25, -0.2) is 4.79 Å². The highest BCUT2D eigenvalue weighted by molar-refractivity contribution is 5.90. The van der Waals surface area contributed by atoms with Crippen molar-refractivity contribution in [2.24, 2.45) is 5.92 Å². The van der Waals surface area contributed by atoms with Crippen LogP contribution in [0.2, 0.25) is 0 Å². The molecule has 1 aromatic carbocycles. The molecule has 0 aliphatic carbocycles. The third kappa shape index (κ3) is 3.36. The first-order valence-electron chi connectivity index (χ1n) is 5.08. The monoisotopic (exact) mass is 208 g/mol. The van der Waals surface area contributed by atoms with Crippen molar-refractivity contribution in [3.05, 3.63) is 35.4 Å². The Labute approximate surface area is 89.6 Å². The molecule has 0 atom stereocenters. The zero-order valence-electron chi connectivity index (χ0n) is 9.06. The Morgan fingerprint density at radius 2 is 2.07 bits per heavy atom. The quantitative estimate of drug-likeness (QED) is 0.611. The van der Waals surface area contributed by atoms with Crippen LogP contribution in [-0.2, 0) is 11.3 Å². The summed E-state index contributed by atoms with van der Waals surface area (Å²) in [6, 6.07) is 7.18. The lowest BCUT2D eigenvalue weighted by Crippen LogP contribution is -2.06. The molecule has 1 aromatic rings. The molecular weight excluding hydrogens is 192 g/mol. The molecule has 1 N–H and O–H groups in total. The first kappa shape index (κ1) is 11.7. The van der Waals surface area contributed by atoms with Crippen LogP contribution >= 0.6 is 0 Å². The highest BCUT2D eigenvalue weighted by Crippen LogP contribution is 2.14. The number of carbonyl (C=O) groups excluding carboxylic acids is 1. The summed E-state index contributed by atoms with van der Waals surface area (Å²) < 4.78 is 0. The third-order valence-corrected chi connectivity index (χ3v) is 2.31. The predicted octanol–water partition coefficient (Wildman–Crippen LogP) is 2.91. The maximum Gasteiger partial charge on any atom is 0.373 e. The second kappa shape index (κ2) is 5.51. The summed E-state index contributed by atoms with van der Waals surface area (Å²) in [7, 11) is 0. The van der Waals surface area contributed by atoms with Gasteiger partial charge in [-0.1, -0.05) is 32.0 Å². The summed E-state index contributed by atoms with van der Waals surface area (Å²) in [5, 5.41) is 8.34. The molecule has 0 bridgehead atoms. The minimum atomic E-state index is -0.686. The van der Waals surface area contributed by atoms with E-state index in [0.29, 0.717) is 11.5 Å². The van der Waals surface area contributed by atoms with Crippen LogP contribution in [0, 0.1) is 5.92 Å². The van der Waals surface area contributed by atoms with E-state index in [1.54, 1.807) is 12.1 Å². The van der Waals surface area contributed by atoms with Gasteiger partial charge in [0.25, 0.3) is 0 Å². The van der Waals surface area contributed by atoms with Gasteiger partial charge in [-0.2, -0.15) is 5.26 Å². The van der Waals surface area contributed by atoms with Crippen molar-refractivity contribution in [1.82, 2.24) is 0 Å². The van der Waals surface area contributed by atoms with E-state index in [9.17, 15) is 4.79 Å². The minimum Gasteiger partial charge on any atom is -0.295 e. The van der Waals surface area contributed by atoms with E-state index in [1.165, 1.54) is 0 Å². The summed E-state index contributed by atoms with van der Waals surface area (Å²) in [5.74, 6) is -0.0995. The van der Waals surface area contributed by atoms with Crippen molar-refractivity contribution in [3.63, 3.8) is 0 Å². The molecule has 0 aliphatic rings. The zero-order valence-corrected chi connectivity index (χ0v) is 9.06. The van der Waals surface area contributed by atoms with Gasteiger partial charge in [0.2, 0.25) is 0 Å². The molecule has 0 fully saturated rings. The molecule has 3 nitrogen and oxygen atoms in total. The van der Waals surface area contributed by atoms with Gasteiger partial charge in [-0.3, -0.25) is 4.89 Å². The standard InChI is InChI=1S/C12H16O3/c1-9(2)7-8-10-5-3-4-6-11(10)12(13)15-14/h3-6,9,14H,7-8H2,1-2H3. The molecule has 0 aromatic heterocycles. The van der Waals surface area contributed by atoms with Crippen molar-refractivity contribution >= 4 is 5.97 Å². The van der Waals surface area contributed by atoms with Crippen molar-refractivity contribution in [3.8, 4) is 0 Å². The Morgan fingerprint density at radius 1 is 1.40 bits per heavy atom. The average molecular weight is 208 g/mol. The van der Waals surface area contributed by atoms with E-state index in [-0.39, 0.29) is 0 Å². The molecule has 0 unspecified atom stereocenters. The van der Waals surface area contributed by atoms with Crippen molar-refractivity contribution in [2.45, 2.75) is 26.7 Å². The van der Waals surface area contributed by atoms with Crippen LogP contribution in [0.5, 0.6) is 0 Å². The number of rotatable bonds is 4. The van der Waals surface area contributed by atoms with Crippen LogP contribution in [0.1, 0.15) is 36.2 Å². The molecule has 0 spiro atoms. The van der Waals surface area contributed by atoms with E-state index < -0.39 is 5.97 Å². The topological polar surface area (TPSA) is 46.5 Å². The Bertz CT molecular complexity index is 331. The Kier molecular flexibility index (Phi) is 4.31. The molecule has 0 radical (unpaired) electrons. The Hall–Kier alpha value is -1.35.